The van der Waals surface area contributed by atoms with E-state index in [9.17, 15) is 14.3 Å². The third-order valence-electron chi connectivity index (χ3n) is 9.31. The number of carbonyl (C=O) groups excluding carboxylic acids is 1. The van der Waals surface area contributed by atoms with E-state index in [1.54, 1.807) is 0 Å². The third kappa shape index (κ3) is 35.7. The molecule has 0 saturated carbocycles. The zero-order chi connectivity index (χ0) is 36.5. The highest BCUT2D eigenvalue weighted by Crippen LogP contribution is 2.43. The van der Waals surface area contributed by atoms with E-state index in [0.717, 1.165) is 32.1 Å². The van der Waals surface area contributed by atoms with Crippen molar-refractivity contribution in [2.45, 2.75) is 194 Å². The maximum absolute atomic E-state index is 12.9. The lowest BCUT2D eigenvalue weighted by Gasteiger charge is -2.24. The predicted octanol–water partition coefficient (Wildman–Crippen LogP) is 11.6. The molecule has 49 heavy (non-hydrogen) atoms. The normalized spacial score (nSPS) is 14.5. The second-order valence-corrected chi connectivity index (χ2v) is 17.0. The number of phosphoric ester groups is 1. The fourth-order valence-corrected chi connectivity index (χ4v) is 6.63. The van der Waals surface area contributed by atoms with E-state index < -0.39 is 13.9 Å². The number of likely N-dealkylation sites (N-methyl/N-ethyl adjacent to an activating group) is 1. The number of esters is 1. The van der Waals surface area contributed by atoms with Gasteiger partial charge in [0, 0.05) is 6.61 Å². The van der Waals surface area contributed by atoms with E-state index >= 15 is 0 Å². The van der Waals surface area contributed by atoms with Crippen molar-refractivity contribution in [1.29, 1.82) is 0 Å². The van der Waals surface area contributed by atoms with Crippen molar-refractivity contribution in [1.82, 2.24) is 0 Å². The van der Waals surface area contributed by atoms with Crippen LogP contribution in [0.25, 0.3) is 0 Å². The molecule has 0 radical (unpaired) electrons. The van der Waals surface area contributed by atoms with E-state index in [0.29, 0.717) is 17.6 Å². The average Bonchev–Trinajstić information content (AvgIpc) is 3.04. The van der Waals surface area contributed by atoms with Crippen molar-refractivity contribution in [3.63, 3.8) is 0 Å². The van der Waals surface area contributed by atoms with Gasteiger partial charge >= 0.3 is 13.8 Å². The average molecular weight is 721 g/mol. The van der Waals surface area contributed by atoms with Crippen LogP contribution in [0.15, 0.2) is 0 Å². The first kappa shape index (κ1) is 48.5. The van der Waals surface area contributed by atoms with Gasteiger partial charge in [-0.15, -0.1) is 0 Å². The molecule has 0 fully saturated rings. The Balaban J connectivity index is 4.37. The maximum Gasteiger partial charge on any atom is 0.472 e. The first-order valence-corrected chi connectivity index (χ1v) is 22.2. The molecule has 0 aromatic rings. The van der Waals surface area contributed by atoms with Gasteiger partial charge in [-0.1, -0.05) is 175 Å². The SMILES string of the molecule is CCCCCCCCCCCCCCCCOC[C@@H](COP(=O)(O)OCC[N+](C)(C)C)OC(=O)[C@H](C)CCCCCCCCCCCCC. The number of nitrogens with zero attached hydrogens (tertiary/aromatic N) is 1. The van der Waals surface area contributed by atoms with Gasteiger partial charge in [0.25, 0.3) is 0 Å². The molecule has 1 N–H and O–H groups in total. The van der Waals surface area contributed by atoms with Crippen LogP contribution in [0.5, 0.6) is 0 Å². The quantitative estimate of drug-likeness (QED) is 0.0294. The molecule has 0 aliphatic carbocycles. The molecular weight excluding hydrogens is 637 g/mol. The van der Waals surface area contributed by atoms with E-state index in [1.807, 2.05) is 28.1 Å². The lowest BCUT2D eigenvalue weighted by Crippen LogP contribution is -2.37. The number of ether oxygens (including phenoxy) is 2. The Morgan fingerprint density at radius 3 is 1.43 bits per heavy atom. The summed E-state index contributed by atoms with van der Waals surface area (Å²) in [5, 5.41) is 0. The zero-order valence-corrected chi connectivity index (χ0v) is 34.3. The van der Waals surface area contributed by atoms with Gasteiger partial charge in [0.05, 0.1) is 40.3 Å². The lowest BCUT2D eigenvalue weighted by atomic mass is 10.0. The molecule has 0 aliphatic rings. The highest BCUT2D eigenvalue weighted by molar-refractivity contribution is 7.47. The van der Waals surface area contributed by atoms with Gasteiger partial charge in [-0.25, -0.2) is 4.57 Å². The first-order valence-electron chi connectivity index (χ1n) is 20.7. The van der Waals surface area contributed by atoms with Gasteiger partial charge in [-0.05, 0) is 12.8 Å². The van der Waals surface area contributed by atoms with Crippen LogP contribution in [0, 0.1) is 5.92 Å². The fourth-order valence-electron chi connectivity index (χ4n) is 5.89. The molecule has 1 unspecified atom stereocenters. The summed E-state index contributed by atoms with van der Waals surface area (Å²) in [6.07, 6.45) is 32.2. The Morgan fingerprint density at radius 1 is 0.592 bits per heavy atom. The number of hydrogen-bond acceptors (Lipinski definition) is 6. The smallest absolute Gasteiger partial charge is 0.457 e. The minimum atomic E-state index is -4.27. The van der Waals surface area contributed by atoms with E-state index in [4.69, 9.17) is 18.5 Å². The van der Waals surface area contributed by atoms with Crippen LogP contribution < -0.4 is 0 Å². The summed E-state index contributed by atoms with van der Waals surface area (Å²) >= 11 is 0. The van der Waals surface area contributed by atoms with Gasteiger partial charge in [0.2, 0.25) is 0 Å². The summed E-state index contributed by atoms with van der Waals surface area (Å²) in [7, 11) is 1.67. The van der Waals surface area contributed by atoms with Crippen molar-refractivity contribution < 1.29 is 37.3 Å². The highest BCUT2D eigenvalue weighted by Gasteiger charge is 2.27. The van der Waals surface area contributed by atoms with Crippen molar-refractivity contribution in [2.24, 2.45) is 5.92 Å². The number of quaternary nitrogens is 1. The van der Waals surface area contributed by atoms with E-state index in [2.05, 4.69) is 13.8 Å². The molecule has 0 heterocycles. The van der Waals surface area contributed by atoms with Crippen LogP contribution in [-0.2, 0) is 27.9 Å². The van der Waals surface area contributed by atoms with Gasteiger partial charge in [0.1, 0.15) is 19.3 Å². The number of carbonyl (C=O) groups is 1. The van der Waals surface area contributed by atoms with Gasteiger partial charge < -0.3 is 18.9 Å². The Kier molecular flexibility index (Phi) is 33.0. The van der Waals surface area contributed by atoms with Gasteiger partial charge in [0.15, 0.2) is 0 Å². The summed E-state index contributed by atoms with van der Waals surface area (Å²) in [4.78, 5) is 23.2. The Hall–Kier alpha value is -0.500. The standard InChI is InChI=1S/C40H82NO7P/c1-7-9-11-13-15-17-19-20-21-23-25-27-29-31-34-45-36-39(37-47-49(43,44)46-35-33-41(4,5)6)48-40(42)38(3)32-30-28-26-24-22-18-16-14-12-10-8-2/h38-39H,7-37H2,1-6H3/p+1/t38-,39+/m1/s1. The minimum Gasteiger partial charge on any atom is -0.457 e. The largest absolute Gasteiger partial charge is 0.472 e. The minimum absolute atomic E-state index is 0.0906. The molecule has 0 aliphatic heterocycles. The molecule has 0 spiro atoms. The van der Waals surface area contributed by atoms with Gasteiger partial charge in [-0.3, -0.25) is 13.8 Å². The molecule has 8 nitrogen and oxygen atoms in total. The number of rotatable bonds is 38. The molecular formula is C40H83NO7P+. The fraction of sp³-hybridized carbons (Fsp3) is 0.975. The number of hydrogen-bond donors (Lipinski definition) is 1. The summed E-state index contributed by atoms with van der Waals surface area (Å²) in [5.74, 6) is -0.548. The van der Waals surface area contributed by atoms with Crippen molar-refractivity contribution in [2.75, 3.05) is 54.1 Å². The van der Waals surface area contributed by atoms with Crippen molar-refractivity contribution in [3.8, 4) is 0 Å². The number of phosphoric acid groups is 1. The van der Waals surface area contributed by atoms with Crippen LogP contribution >= 0.6 is 7.82 Å². The van der Waals surface area contributed by atoms with Crippen molar-refractivity contribution in [3.05, 3.63) is 0 Å². The summed E-state index contributed by atoms with van der Waals surface area (Å²) in [6, 6.07) is 0. The first-order chi connectivity index (χ1) is 23.5. The van der Waals surface area contributed by atoms with Crippen LogP contribution in [0.1, 0.15) is 188 Å². The molecule has 0 amide bonds. The second-order valence-electron chi connectivity index (χ2n) is 15.6. The lowest BCUT2D eigenvalue weighted by molar-refractivity contribution is -0.870. The van der Waals surface area contributed by atoms with Crippen molar-refractivity contribution >= 4 is 13.8 Å². The summed E-state index contributed by atoms with van der Waals surface area (Å²) in [5.41, 5.74) is 0. The summed E-state index contributed by atoms with van der Waals surface area (Å²) < 4.78 is 35.2. The maximum atomic E-state index is 12.9. The molecule has 0 rings (SSSR count). The zero-order valence-electron chi connectivity index (χ0n) is 33.4. The highest BCUT2D eigenvalue weighted by atomic mass is 31.2. The second kappa shape index (κ2) is 33.3. The molecule has 294 valence electrons. The molecule has 3 atom stereocenters. The summed E-state index contributed by atoms with van der Waals surface area (Å²) in [6.45, 7) is 7.53. The third-order valence-corrected chi connectivity index (χ3v) is 10.3. The van der Waals surface area contributed by atoms with E-state index in [-0.39, 0.29) is 31.7 Å². The Bertz CT molecular complexity index is 776. The molecule has 0 aromatic carbocycles. The van der Waals surface area contributed by atoms with E-state index in [1.165, 1.54) is 135 Å². The molecule has 0 bridgehead atoms. The topological polar surface area (TPSA) is 91.3 Å². The van der Waals surface area contributed by atoms with Crippen LogP contribution in [0.3, 0.4) is 0 Å². The molecule has 9 heteroatoms. The van der Waals surface area contributed by atoms with Crippen LogP contribution in [-0.4, -0.2) is 75.6 Å². The number of unbranched alkanes of at least 4 members (excludes halogenated alkanes) is 23. The molecule has 0 saturated heterocycles. The predicted molar refractivity (Wildman–Crippen MR) is 206 cm³/mol. The Labute approximate surface area is 304 Å². The molecule has 0 aromatic heterocycles. The Morgan fingerprint density at radius 2 is 1.00 bits per heavy atom. The van der Waals surface area contributed by atoms with Crippen LogP contribution in [0.4, 0.5) is 0 Å². The van der Waals surface area contributed by atoms with Gasteiger partial charge in [-0.2, -0.15) is 0 Å². The van der Waals surface area contributed by atoms with Crippen LogP contribution in [0.2, 0.25) is 0 Å². The monoisotopic (exact) mass is 721 g/mol.